The Labute approximate surface area is 155 Å². The van der Waals surface area contributed by atoms with Crippen LogP contribution in [0.25, 0.3) is 0 Å². The lowest BCUT2D eigenvalue weighted by atomic mass is 10.0. The zero-order chi connectivity index (χ0) is 18.8. The van der Waals surface area contributed by atoms with Crippen molar-refractivity contribution in [3.05, 3.63) is 28.7 Å². The van der Waals surface area contributed by atoms with E-state index in [1.165, 1.54) is 0 Å². The summed E-state index contributed by atoms with van der Waals surface area (Å²) in [6, 6.07) is 5.84. The number of carbonyl (C=O) groups is 2. The molecular weight excluding hydrogens is 413 g/mol. The third-order valence-electron chi connectivity index (χ3n) is 3.06. The summed E-state index contributed by atoms with van der Waals surface area (Å²) in [5, 5.41) is 7.88. The smallest absolute Gasteiger partial charge is 0.319 e. The van der Waals surface area contributed by atoms with Crippen molar-refractivity contribution in [2.45, 2.75) is 26.3 Å². The molecule has 0 bridgehead atoms. The summed E-state index contributed by atoms with van der Waals surface area (Å²) < 4.78 is 15.8. The van der Waals surface area contributed by atoms with E-state index in [0.717, 1.165) is 4.47 Å². The van der Waals surface area contributed by atoms with Crippen molar-refractivity contribution < 1.29 is 23.6 Å². The molecule has 0 saturated heterocycles. The lowest BCUT2D eigenvalue weighted by Gasteiger charge is -2.20. The lowest BCUT2D eigenvalue weighted by Crippen LogP contribution is -2.49. The molecule has 1 unspecified atom stereocenters. The zero-order valence-electron chi connectivity index (χ0n) is 14.0. The number of rotatable bonds is 9. The first-order chi connectivity index (χ1) is 11.8. The van der Waals surface area contributed by atoms with Crippen molar-refractivity contribution in [2.24, 2.45) is 5.92 Å². The van der Waals surface area contributed by atoms with Crippen LogP contribution in [0.4, 0.5) is 10.5 Å². The molecule has 10 heteroatoms. The standard InChI is InChI=1S/C15H23BrN3O5P/c1-10(2)9-13(14(20)17-7-8-24-25(22)23)19-15(21)18-12-5-3-11(16)4-6-12/h3-6,10,13,25H,7-9H2,1-2H3,(H,17,20)(H,22,23)(H2,18,19,21)/t13-/m0/s1. The molecule has 1 aromatic carbocycles. The fraction of sp³-hybridized carbons (Fsp3) is 0.467. The van der Waals surface area contributed by atoms with E-state index in [1.807, 2.05) is 13.8 Å². The molecule has 4 N–H and O–H groups in total. The number of halogens is 1. The number of carbonyl (C=O) groups excluding carboxylic acids is 2. The van der Waals surface area contributed by atoms with E-state index in [2.05, 4.69) is 36.4 Å². The fourth-order valence-electron chi connectivity index (χ4n) is 2.00. The predicted octanol–water partition coefficient (Wildman–Crippen LogP) is 2.50. The quantitative estimate of drug-likeness (QED) is 0.351. The average molecular weight is 436 g/mol. The number of nitrogens with one attached hydrogen (secondary N) is 3. The van der Waals surface area contributed by atoms with Crippen LogP contribution in [0, 0.1) is 5.92 Å². The molecule has 25 heavy (non-hydrogen) atoms. The Bertz CT molecular complexity index is 597. The van der Waals surface area contributed by atoms with Crippen molar-refractivity contribution in [1.29, 1.82) is 0 Å². The molecule has 0 aliphatic carbocycles. The summed E-state index contributed by atoms with van der Waals surface area (Å²) in [4.78, 5) is 32.9. The summed E-state index contributed by atoms with van der Waals surface area (Å²) in [7, 11) is -3.01. The second-order valence-corrected chi connectivity index (χ2v) is 7.43. The highest BCUT2D eigenvalue weighted by molar-refractivity contribution is 9.10. The van der Waals surface area contributed by atoms with Gasteiger partial charge in [-0.3, -0.25) is 9.36 Å². The predicted molar refractivity (Wildman–Crippen MR) is 99.7 cm³/mol. The Morgan fingerprint density at radius 2 is 1.92 bits per heavy atom. The van der Waals surface area contributed by atoms with E-state index < -0.39 is 20.3 Å². The Morgan fingerprint density at radius 1 is 1.28 bits per heavy atom. The number of hydrogen-bond donors (Lipinski definition) is 4. The molecule has 1 rings (SSSR count). The summed E-state index contributed by atoms with van der Waals surface area (Å²) in [6.07, 6.45) is 0.455. The Kier molecular flexibility index (Phi) is 9.74. The van der Waals surface area contributed by atoms with Gasteiger partial charge in [0.1, 0.15) is 6.04 Å². The van der Waals surface area contributed by atoms with Gasteiger partial charge in [0.05, 0.1) is 6.61 Å². The molecule has 0 aromatic heterocycles. The average Bonchev–Trinajstić information content (AvgIpc) is 2.52. The molecule has 8 nitrogen and oxygen atoms in total. The van der Waals surface area contributed by atoms with Crippen LogP contribution in [0.5, 0.6) is 0 Å². The second-order valence-electron chi connectivity index (χ2n) is 5.69. The number of hydrogen-bond acceptors (Lipinski definition) is 4. The molecule has 1 aromatic rings. The Balaban J connectivity index is 2.55. The minimum absolute atomic E-state index is 0.0699. The van der Waals surface area contributed by atoms with Gasteiger partial charge in [-0.2, -0.15) is 0 Å². The van der Waals surface area contributed by atoms with Gasteiger partial charge in [-0.15, -0.1) is 0 Å². The van der Waals surface area contributed by atoms with E-state index in [1.54, 1.807) is 24.3 Å². The third-order valence-corrected chi connectivity index (χ3v) is 4.04. The van der Waals surface area contributed by atoms with Crippen molar-refractivity contribution >= 4 is 41.8 Å². The summed E-state index contributed by atoms with van der Waals surface area (Å²) in [6.45, 7) is 3.89. The molecule has 3 amide bonds. The first-order valence-electron chi connectivity index (χ1n) is 7.74. The highest BCUT2D eigenvalue weighted by atomic mass is 79.9. The second kappa shape index (κ2) is 11.3. The number of amides is 3. The van der Waals surface area contributed by atoms with Gasteiger partial charge < -0.3 is 25.4 Å². The van der Waals surface area contributed by atoms with E-state index in [-0.39, 0.29) is 25.0 Å². The molecule has 140 valence electrons. The van der Waals surface area contributed by atoms with Crippen molar-refractivity contribution in [3.8, 4) is 0 Å². The number of anilines is 1. The fourth-order valence-corrected chi connectivity index (χ4v) is 2.54. The van der Waals surface area contributed by atoms with Gasteiger partial charge in [0.15, 0.2) is 0 Å². The maximum Gasteiger partial charge on any atom is 0.319 e. The van der Waals surface area contributed by atoms with Gasteiger partial charge in [0.2, 0.25) is 5.91 Å². The number of urea groups is 1. The van der Waals surface area contributed by atoms with Crippen LogP contribution in [0.1, 0.15) is 20.3 Å². The van der Waals surface area contributed by atoms with Crippen molar-refractivity contribution in [2.75, 3.05) is 18.5 Å². The number of benzene rings is 1. The summed E-state index contributed by atoms with van der Waals surface area (Å²) >= 11 is 3.31. The maximum absolute atomic E-state index is 12.2. The largest absolute Gasteiger partial charge is 0.352 e. The first kappa shape index (κ1) is 21.6. The molecule has 0 saturated carbocycles. The van der Waals surface area contributed by atoms with E-state index >= 15 is 0 Å². The SMILES string of the molecule is CC(C)C[C@H](NC(=O)Nc1ccc(Br)cc1)C(=O)NCCO[PH](=O)O. The summed E-state index contributed by atoms with van der Waals surface area (Å²) in [5.41, 5.74) is 0.603. The van der Waals surface area contributed by atoms with Crippen LogP contribution in [-0.4, -0.2) is 36.0 Å². The van der Waals surface area contributed by atoms with E-state index in [4.69, 9.17) is 4.89 Å². The molecule has 0 aliphatic heterocycles. The zero-order valence-corrected chi connectivity index (χ0v) is 16.6. The lowest BCUT2D eigenvalue weighted by molar-refractivity contribution is -0.123. The van der Waals surface area contributed by atoms with Crippen LogP contribution < -0.4 is 16.0 Å². The van der Waals surface area contributed by atoms with Crippen LogP contribution >= 0.6 is 24.2 Å². The van der Waals surface area contributed by atoms with Crippen LogP contribution in [0.3, 0.4) is 0 Å². The first-order valence-corrected chi connectivity index (χ1v) is 9.80. The van der Waals surface area contributed by atoms with E-state index in [0.29, 0.717) is 12.1 Å². The monoisotopic (exact) mass is 435 g/mol. The minimum atomic E-state index is -3.01. The molecule has 0 aliphatic rings. The molecule has 0 radical (unpaired) electrons. The normalized spacial score (nSPS) is 13.2. The third kappa shape index (κ3) is 9.60. The molecule has 2 atom stereocenters. The summed E-state index contributed by atoms with van der Waals surface area (Å²) in [5.74, 6) is -0.185. The highest BCUT2D eigenvalue weighted by Crippen LogP contribution is 2.14. The van der Waals surface area contributed by atoms with Gasteiger partial charge in [-0.25, -0.2) is 4.79 Å². The van der Waals surface area contributed by atoms with Crippen molar-refractivity contribution in [3.63, 3.8) is 0 Å². The van der Waals surface area contributed by atoms with Gasteiger partial charge in [0, 0.05) is 16.7 Å². The Hall–Kier alpha value is -1.41. The Morgan fingerprint density at radius 3 is 2.48 bits per heavy atom. The van der Waals surface area contributed by atoms with Gasteiger partial charge >= 0.3 is 14.3 Å². The van der Waals surface area contributed by atoms with Gasteiger partial charge in [0.25, 0.3) is 0 Å². The van der Waals surface area contributed by atoms with E-state index in [9.17, 15) is 14.2 Å². The maximum atomic E-state index is 12.2. The molecule has 0 spiro atoms. The van der Waals surface area contributed by atoms with Gasteiger partial charge in [-0.1, -0.05) is 29.8 Å². The molecular formula is C15H23BrN3O5P. The molecule has 0 fully saturated rings. The van der Waals surface area contributed by atoms with Crippen LogP contribution in [0.15, 0.2) is 28.7 Å². The minimum Gasteiger partial charge on any atom is -0.352 e. The molecule has 0 heterocycles. The van der Waals surface area contributed by atoms with Gasteiger partial charge in [-0.05, 0) is 36.6 Å². The topological polar surface area (TPSA) is 117 Å². The highest BCUT2D eigenvalue weighted by Gasteiger charge is 2.21. The van der Waals surface area contributed by atoms with Crippen LogP contribution in [-0.2, 0) is 13.9 Å². The van der Waals surface area contributed by atoms with Crippen LogP contribution in [0.2, 0.25) is 0 Å². The van der Waals surface area contributed by atoms with Crippen molar-refractivity contribution in [1.82, 2.24) is 10.6 Å².